The lowest BCUT2D eigenvalue weighted by Gasteiger charge is -2.07. The number of benzene rings is 3. The number of rotatable bonds is 6. The Bertz CT molecular complexity index is 1170. The van der Waals surface area contributed by atoms with Crippen molar-refractivity contribution in [1.82, 2.24) is 0 Å². The molecule has 0 aliphatic rings. The Hall–Kier alpha value is -3.15. The highest BCUT2D eigenvalue weighted by atomic mass is 32.2. The Morgan fingerprint density at radius 1 is 0.871 bits per heavy atom. The molecule has 0 unspecified atom stereocenters. The van der Waals surface area contributed by atoms with E-state index >= 15 is 0 Å². The van der Waals surface area contributed by atoms with E-state index in [4.69, 9.17) is 5.26 Å². The van der Waals surface area contributed by atoms with Gasteiger partial charge in [0.05, 0.1) is 10.5 Å². The molecule has 5 heteroatoms. The number of aryl methyl sites for hydroxylation is 1. The number of thiocyanates is 1. The zero-order valence-electron chi connectivity index (χ0n) is 17.0. The van der Waals surface area contributed by atoms with Gasteiger partial charge in [0.25, 0.3) is 0 Å². The van der Waals surface area contributed by atoms with Gasteiger partial charge in [-0.1, -0.05) is 55.9 Å². The Kier molecular flexibility index (Phi) is 7.82. The monoisotopic (exact) mass is 435 g/mol. The first-order valence-electron chi connectivity index (χ1n) is 9.98. The molecule has 156 valence electrons. The average Bonchev–Trinajstić information content (AvgIpc) is 2.77. The van der Waals surface area contributed by atoms with Gasteiger partial charge in [0.1, 0.15) is 11.2 Å². The Balaban J connectivity index is 1.81. The summed E-state index contributed by atoms with van der Waals surface area (Å²) in [4.78, 5) is 0.186. The highest BCUT2D eigenvalue weighted by molar-refractivity contribution is 8.03. The zero-order valence-corrected chi connectivity index (χ0v) is 17.8. The van der Waals surface area contributed by atoms with Crippen LogP contribution in [0.2, 0.25) is 0 Å². The van der Waals surface area contributed by atoms with E-state index in [9.17, 15) is 13.2 Å². The molecule has 0 radical (unpaired) electrons. The minimum atomic E-state index is -1.03. The summed E-state index contributed by atoms with van der Waals surface area (Å²) in [6.45, 7) is 2.15. The van der Waals surface area contributed by atoms with Crippen molar-refractivity contribution >= 4 is 11.8 Å². The van der Waals surface area contributed by atoms with E-state index in [1.54, 1.807) is 17.5 Å². The lowest BCUT2D eigenvalue weighted by molar-refractivity contribution is 0.509. The van der Waals surface area contributed by atoms with Crippen molar-refractivity contribution in [3.8, 4) is 28.4 Å². The third-order valence-electron chi connectivity index (χ3n) is 4.85. The van der Waals surface area contributed by atoms with Gasteiger partial charge in [-0.05, 0) is 66.1 Å². The SMILES string of the molecule is CCCCCc1ccc(-c2ccc(C#Cc3ccc(SC#N)c(F)c3)c(F)c2F)cc1. The van der Waals surface area contributed by atoms with Crippen molar-refractivity contribution in [2.45, 2.75) is 37.5 Å². The molecule has 0 amide bonds. The molecular weight excluding hydrogens is 415 g/mol. The minimum absolute atomic E-state index is 0.103. The van der Waals surface area contributed by atoms with Crippen molar-refractivity contribution in [3.05, 3.63) is 88.7 Å². The minimum Gasteiger partial charge on any atom is -0.206 e. The molecule has 0 heterocycles. The molecule has 31 heavy (non-hydrogen) atoms. The van der Waals surface area contributed by atoms with E-state index < -0.39 is 17.5 Å². The van der Waals surface area contributed by atoms with Crippen LogP contribution in [0.4, 0.5) is 13.2 Å². The lowest BCUT2D eigenvalue weighted by atomic mass is 9.99. The van der Waals surface area contributed by atoms with Gasteiger partial charge in [-0.25, -0.2) is 13.2 Å². The Morgan fingerprint density at radius 3 is 2.32 bits per heavy atom. The van der Waals surface area contributed by atoms with Gasteiger partial charge in [-0.3, -0.25) is 0 Å². The number of halogens is 3. The molecular formula is C26H20F3NS. The van der Waals surface area contributed by atoms with Crippen LogP contribution in [-0.4, -0.2) is 0 Å². The first-order chi connectivity index (χ1) is 15.0. The van der Waals surface area contributed by atoms with E-state index in [1.807, 2.05) is 12.1 Å². The third-order valence-corrected chi connectivity index (χ3v) is 5.49. The maximum absolute atomic E-state index is 14.7. The molecule has 0 N–H and O–H groups in total. The summed E-state index contributed by atoms with van der Waals surface area (Å²) < 4.78 is 43.2. The van der Waals surface area contributed by atoms with Gasteiger partial charge in [0.15, 0.2) is 11.6 Å². The van der Waals surface area contributed by atoms with E-state index in [-0.39, 0.29) is 16.0 Å². The third kappa shape index (κ3) is 5.72. The van der Waals surface area contributed by atoms with Gasteiger partial charge in [-0.2, -0.15) is 5.26 Å². The number of hydrogen-bond donors (Lipinski definition) is 0. The van der Waals surface area contributed by atoms with Crippen LogP contribution in [0.15, 0.2) is 59.5 Å². The summed E-state index contributed by atoms with van der Waals surface area (Å²) in [5.74, 6) is 2.62. The van der Waals surface area contributed by atoms with Crippen molar-refractivity contribution in [2.75, 3.05) is 0 Å². The van der Waals surface area contributed by atoms with Crippen molar-refractivity contribution in [1.29, 1.82) is 5.26 Å². The number of nitrogens with zero attached hydrogens (tertiary/aromatic N) is 1. The second kappa shape index (κ2) is 10.8. The molecule has 0 saturated heterocycles. The molecule has 0 aliphatic carbocycles. The van der Waals surface area contributed by atoms with Crippen LogP contribution in [0.5, 0.6) is 0 Å². The fourth-order valence-corrected chi connectivity index (χ4v) is 3.54. The summed E-state index contributed by atoms with van der Waals surface area (Å²) in [5.41, 5.74) is 2.15. The van der Waals surface area contributed by atoms with E-state index in [0.717, 1.165) is 25.3 Å². The van der Waals surface area contributed by atoms with Crippen LogP contribution in [0.3, 0.4) is 0 Å². The van der Waals surface area contributed by atoms with Gasteiger partial charge in [0.2, 0.25) is 0 Å². The van der Waals surface area contributed by atoms with Gasteiger partial charge < -0.3 is 0 Å². The smallest absolute Gasteiger partial charge is 0.175 e. The second-order valence-corrected chi connectivity index (χ2v) is 7.86. The topological polar surface area (TPSA) is 23.8 Å². The molecule has 0 saturated carbocycles. The fraction of sp³-hybridized carbons (Fsp3) is 0.192. The molecule has 3 aromatic rings. The van der Waals surface area contributed by atoms with Crippen LogP contribution in [0, 0.1) is 40.0 Å². The van der Waals surface area contributed by atoms with Gasteiger partial charge >= 0.3 is 0 Å². The van der Waals surface area contributed by atoms with Gasteiger partial charge in [0, 0.05) is 11.1 Å². The molecule has 3 aromatic carbocycles. The quantitative estimate of drug-likeness (QED) is 0.173. The molecule has 1 nitrogen and oxygen atoms in total. The maximum Gasteiger partial charge on any atom is 0.175 e. The predicted octanol–water partition coefficient (Wildman–Crippen LogP) is 7.48. The molecule has 0 fully saturated rings. The zero-order chi connectivity index (χ0) is 22.2. The first kappa shape index (κ1) is 22.5. The Labute approximate surface area is 184 Å². The van der Waals surface area contributed by atoms with E-state index in [2.05, 4.69) is 18.8 Å². The summed E-state index contributed by atoms with van der Waals surface area (Å²) in [5, 5.41) is 10.4. The summed E-state index contributed by atoms with van der Waals surface area (Å²) in [6.07, 6.45) is 4.39. The molecule has 0 atom stereocenters. The fourth-order valence-electron chi connectivity index (χ4n) is 3.15. The first-order valence-corrected chi connectivity index (χ1v) is 10.8. The van der Waals surface area contributed by atoms with Crippen LogP contribution >= 0.6 is 11.8 Å². The largest absolute Gasteiger partial charge is 0.206 e. The van der Waals surface area contributed by atoms with Crippen LogP contribution in [0.1, 0.15) is 42.9 Å². The van der Waals surface area contributed by atoms with Crippen molar-refractivity contribution in [2.24, 2.45) is 0 Å². The normalized spacial score (nSPS) is 10.3. The predicted molar refractivity (Wildman–Crippen MR) is 119 cm³/mol. The molecule has 0 aromatic heterocycles. The highest BCUT2D eigenvalue weighted by Crippen LogP contribution is 2.27. The van der Waals surface area contributed by atoms with Crippen molar-refractivity contribution in [3.63, 3.8) is 0 Å². The molecule has 3 rings (SSSR count). The van der Waals surface area contributed by atoms with Gasteiger partial charge in [-0.15, -0.1) is 0 Å². The number of hydrogen-bond acceptors (Lipinski definition) is 2. The van der Waals surface area contributed by atoms with E-state index in [0.29, 0.717) is 22.9 Å². The Morgan fingerprint density at radius 2 is 1.65 bits per heavy atom. The molecule has 0 bridgehead atoms. The lowest BCUT2D eigenvalue weighted by Crippen LogP contribution is -1.95. The summed E-state index contributed by atoms with van der Waals surface area (Å²) in [7, 11) is 0. The standard InChI is InChI=1S/C26H20F3NS/c1-2-3-4-5-18-6-10-20(11-7-18)22-14-13-21(25(28)26(22)29)12-8-19-9-15-24(31-17-30)23(27)16-19/h6-7,9-11,13-16H,2-5H2,1H3. The van der Waals surface area contributed by atoms with Crippen LogP contribution in [-0.2, 0) is 6.42 Å². The molecule has 0 spiro atoms. The van der Waals surface area contributed by atoms with Crippen LogP contribution in [0.25, 0.3) is 11.1 Å². The molecule has 0 aliphatic heterocycles. The summed E-state index contributed by atoms with van der Waals surface area (Å²) >= 11 is 0.707. The number of unbranched alkanes of at least 4 members (excludes halogenated alkanes) is 2. The number of thioether (sulfide) groups is 1. The van der Waals surface area contributed by atoms with Crippen molar-refractivity contribution < 1.29 is 13.2 Å². The van der Waals surface area contributed by atoms with E-state index in [1.165, 1.54) is 36.2 Å². The van der Waals surface area contributed by atoms with Crippen LogP contribution < -0.4 is 0 Å². The maximum atomic E-state index is 14.7. The highest BCUT2D eigenvalue weighted by Gasteiger charge is 2.14. The average molecular weight is 436 g/mol. The number of nitriles is 1. The second-order valence-electron chi connectivity index (χ2n) is 7.03. The summed E-state index contributed by atoms with van der Waals surface area (Å²) in [6, 6.07) is 14.5.